The molecule has 2 rings (SSSR count). The molecule has 0 bridgehead atoms. The maximum absolute atomic E-state index is 11.1. The van der Waals surface area contributed by atoms with Crippen molar-refractivity contribution in [1.82, 2.24) is 5.43 Å². The molecule has 1 aromatic rings. The van der Waals surface area contributed by atoms with Gasteiger partial charge in [-0.1, -0.05) is 39.0 Å². The second kappa shape index (κ2) is 9.23. The Kier molecular flexibility index (Phi) is 6.94. The third-order valence-corrected chi connectivity index (χ3v) is 3.86. The molecular formula is C18H26N2O2. The second-order valence-corrected chi connectivity index (χ2v) is 5.73. The van der Waals surface area contributed by atoms with Gasteiger partial charge in [0.2, 0.25) is 5.91 Å². The highest BCUT2D eigenvalue weighted by molar-refractivity contribution is 6.04. The van der Waals surface area contributed by atoms with E-state index >= 15 is 0 Å². The molecule has 0 fully saturated rings. The average Bonchev–Trinajstić information content (AvgIpc) is 2.55. The van der Waals surface area contributed by atoms with Gasteiger partial charge in [0.25, 0.3) is 0 Å². The molecule has 4 nitrogen and oxygen atoms in total. The maximum atomic E-state index is 11.1. The van der Waals surface area contributed by atoms with Crippen molar-refractivity contribution in [2.75, 3.05) is 6.61 Å². The molecule has 1 aliphatic heterocycles. The fraction of sp³-hybridized carbons (Fsp3) is 0.556. The molecule has 22 heavy (non-hydrogen) atoms. The molecule has 0 saturated carbocycles. The van der Waals surface area contributed by atoms with Gasteiger partial charge >= 0.3 is 0 Å². The van der Waals surface area contributed by atoms with Crippen molar-refractivity contribution in [3.63, 3.8) is 0 Å². The third kappa shape index (κ3) is 5.51. The average molecular weight is 302 g/mol. The first-order valence-electron chi connectivity index (χ1n) is 8.38. The van der Waals surface area contributed by atoms with E-state index in [1.807, 2.05) is 24.3 Å². The lowest BCUT2D eigenvalue weighted by atomic mass is 10.0. The topological polar surface area (TPSA) is 50.7 Å². The minimum atomic E-state index is -0.0114. The van der Waals surface area contributed by atoms with E-state index in [2.05, 4.69) is 17.5 Å². The van der Waals surface area contributed by atoms with E-state index in [0.717, 1.165) is 30.1 Å². The molecule has 1 aromatic carbocycles. The number of hydrazone groups is 1. The number of nitrogens with one attached hydrogen (secondary N) is 1. The zero-order valence-electron chi connectivity index (χ0n) is 13.4. The molecule has 0 atom stereocenters. The number of rotatable bonds is 9. The van der Waals surface area contributed by atoms with E-state index < -0.39 is 0 Å². The van der Waals surface area contributed by atoms with Crippen LogP contribution in [0.5, 0.6) is 5.75 Å². The third-order valence-electron chi connectivity index (χ3n) is 3.86. The quantitative estimate of drug-likeness (QED) is 0.700. The van der Waals surface area contributed by atoms with Crippen molar-refractivity contribution >= 4 is 11.6 Å². The van der Waals surface area contributed by atoms with E-state index in [-0.39, 0.29) is 5.91 Å². The van der Waals surface area contributed by atoms with E-state index in [1.165, 1.54) is 32.1 Å². The predicted octanol–water partition coefficient (Wildman–Crippen LogP) is 4.04. The molecular weight excluding hydrogens is 276 g/mol. The number of hydrogen-bond acceptors (Lipinski definition) is 3. The highest BCUT2D eigenvalue weighted by Gasteiger charge is 2.12. The van der Waals surface area contributed by atoms with E-state index in [0.29, 0.717) is 12.8 Å². The summed E-state index contributed by atoms with van der Waals surface area (Å²) in [6.07, 6.45) is 8.84. The van der Waals surface area contributed by atoms with Crippen LogP contribution in [0.3, 0.4) is 0 Å². The molecule has 1 N–H and O–H groups in total. The molecule has 0 aliphatic carbocycles. The number of nitrogens with zero attached hydrogens (tertiary/aromatic N) is 1. The molecule has 0 unspecified atom stereocenters. The van der Waals surface area contributed by atoms with Crippen molar-refractivity contribution in [3.05, 3.63) is 29.8 Å². The van der Waals surface area contributed by atoms with E-state index in [1.54, 1.807) is 0 Å². The Morgan fingerprint density at radius 1 is 1.05 bits per heavy atom. The van der Waals surface area contributed by atoms with Crippen molar-refractivity contribution in [3.8, 4) is 5.75 Å². The minimum absolute atomic E-state index is 0.0114. The van der Waals surface area contributed by atoms with Crippen LogP contribution in [0.2, 0.25) is 0 Å². The smallest absolute Gasteiger partial charge is 0.240 e. The predicted molar refractivity (Wildman–Crippen MR) is 89.2 cm³/mol. The van der Waals surface area contributed by atoms with Crippen LogP contribution in [0.1, 0.15) is 63.9 Å². The fourth-order valence-corrected chi connectivity index (χ4v) is 2.50. The van der Waals surface area contributed by atoms with Crippen LogP contribution < -0.4 is 10.2 Å². The Morgan fingerprint density at radius 3 is 2.45 bits per heavy atom. The Hall–Kier alpha value is -1.84. The number of carbonyl (C=O) groups excluding carboxylic acids is 1. The summed E-state index contributed by atoms with van der Waals surface area (Å²) >= 11 is 0. The van der Waals surface area contributed by atoms with Gasteiger partial charge in [-0.3, -0.25) is 4.79 Å². The molecule has 120 valence electrons. The fourth-order valence-electron chi connectivity index (χ4n) is 2.50. The summed E-state index contributed by atoms with van der Waals surface area (Å²) in [5, 5.41) is 4.10. The molecule has 0 spiro atoms. The molecule has 0 aromatic heterocycles. The molecule has 0 saturated heterocycles. The van der Waals surface area contributed by atoms with E-state index in [4.69, 9.17) is 4.74 Å². The standard InChI is InChI=1S/C18H26N2O2/c1-2-3-4-5-6-7-14-22-16-10-8-15(9-11-16)17-12-13-18(21)20-19-17/h8-11H,2-7,12-14H2,1H3,(H,20,21). The van der Waals surface area contributed by atoms with Gasteiger partial charge in [0.05, 0.1) is 12.3 Å². The number of carbonyl (C=O) groups is 1. The number of benzene rings is 1. The van der Waals surface area contributed by atoms with Crippen molar-refractivity contribution < 1.29 is 9.53 Å². The van der Waals surface area contributed by atoms with Gasteiger partial charge in [-0.15, -0.1) is 0 Å². The van der Waals surface area contributed by atoms with Gasteiger partial charge in [0.1, 0.15) is 5.75 Å². The summed E-state index contributed by atoms with van der Waals surface area (Å²) in [6.45, 7) is 3.02. The Bertz CT molecular complexity index is 494. The Morgan fingerprint density at radius 2 is 1.77 bits per heavy atom. The van der Waals surface area contributed by atoms with Crippen LogP contribution in [-0.4, -0.2) is 18.2 Å². The summed E-state index contributed by atoms with van der Waals surface area (Å²) in [5.41, 5.74) is 4.51. The molecule has 1 aliphatic rings. The maximum Gasteiger partial charge on any atom is 0.240 e. The van der Waals surface area contributed by atoms with E-state index in [9.17, 15) is 4.79 Å². The lowest BCUT2D eigenvalue weighted by molar-refractivity contribution is -0.121. The van der Waals surface area contributed by atoms with Crippen molar-refractivity contribution in [2.24, 2.45) is 5.10 Å². The van der Waals surface area contributed by atoms with Gasteiger partial charge in [-0.05, 0) is 36.2 Å². The number of ether oxygens (including phenoxy) is 1. The highest BCUT2D eigenvalue weighted by atomic mass is 16.5. The lowest BCUT2D eigenvalue weighted by Crippen LogP contribution is -2.25. The first kappa shape index (κ1) is 16.5. The monoisotopic (exact) mass is 302 g/mol. The molecule has 0 radical (unpaired) electrons. The molecule has 4 heteroatoms. The summed E-state index contributed by atoms with van der Waals surface area (Å²) in [5.74, 6) is 0.889. The Balaban J connectivity index is 1.70. The highest BCUT2D eigenvalue weighted by Crippen LogP contribution is 2.16. The normalized spacial score (nSPS) is 14.4. The number of unbranched alkanes of at least 4 members (excludes halogenated alkanes) is 5. The lowest BCUT2D eigenvalue weighted by Gasteiger charge is -2.12. The van der Waals surface area contributed by atoms with Gasteiger partial charge in [0, 0.05) is 12.8 Å². The second-order valence-electron chi connectivity index (χ2n) is 5.73. The zero-order valence-corrected chi connectivity index (χ0v) is 13.4. The van der Waals surface area contributed by atoms with Crippen LogP contribution in [0.25, 0.3) is 0 Å². The zero-order chi connectivity index (χ0) is 15.6. The van der Waals surface area contributed by atoms with Crippen LogP contribution in [0.4, 0.5) is 0 Å². The van der Waals surface area contributed by atoms with Crippen molar-refractivity contribution in [2.45, 2.75) is 58.3 Å². The first-order valence-corrected chi connectivity index (χ1v) is 8.38. The summed E-state index contributed by atoms with van der Waals surface area (Å²) in [6, 6.07) is 7.97. The SMILES string of the molecule is CCCCCCCCOc1ccc(C2=NNC(=O)CC2)cc1. The van der Waals surface area contributed by atoms with Crippen LogP contribution in [0, 0.1) is 0 Å². The van der Waals surface area contributed by atoms with Crippen molar-refractivity contribution in [1.29, 1.82) is 0 Å². The van der Waals surface area contributed by atoms with Gasteiger partial charge in [-0.2, -0.15) is 5.10 Å². The van der Waals surface area contributed by atoms with Crippen LogP contribution in [0.15, 0.2) is 29.4 Å². The summed E-state index contributed by atoms with van der Waals surface area (Å²) < 4.78 is 5.76. The largest absolute Gasteiger partial charge is 0.494 e. The summed E-state index contributed by atoms with van der Waals surface area (Å²) in [4.78, 5) is 11.1. The number of hydrogen-bond donors (Lipinski definition) is 1. The van der Waals surface area contributed by atoms with Gasteiger partial charge < -0.3 is 4.74 Å². The van der Waals surface area contributed by atoms with Crippen LogP contribution >= 0.6 is 0 Å². The summed E-state index contributed by atoms with van der Waals surface area (Å²) in [7, 11) is 0. The van der Waals surface area contributed by atoms with Gasteiger partial charge in [-0.25, -0.2) is 5.43 Å². The number of amides is 1. The minimum Gasteiger partial charge on any atom is -0.494 e. The van der Waals surface area contributed by atoms with Gasteiger partial charge in [0.15, 0.2) is 0 Å². The first-order chi connectivity index (χ1) is 10.8. The Labute approximate surface area is 132 Å². The van der Waals surface area contributed by atoms with Crippen LogP contribution in [-0.2, 0) is 4.79 Å². The molecule has 1 heterocycles. The molecule has 1 amide bonds.